The summed E-state index contributed by atoms with van der Waals surface area (Å²) in [6.45, 7) is 5.09. The molecule has 152 valence electrons. The van der Waals surface area contributed by atoms with Gasteiger partial charge in [-0.2, -0.15) is 0 Å². The van der Waals surface area contributed by atoms with Crippen LogP contribution in [0.15, 0.2) is 66.9 Å². The number of piperazine rings is 1. The zero-order chi connectivity index (χ0) is 20.3. The van der Waals surface area contributed by atoms with Crippen LogP contribution >= 0.6 is 0 Å². The highest BCUT2D eigenvalue weighted by molar-refractivity contribution is 5.98. The first-order chi connectivity index (χ1) is 14.8. The molecular weight excluding hydrogens is 372 g/mol. The Morgan fingerprint density at radius 2 is 1.63 bits per heavy atom. The molecule has 2 heterocycles. The lowest BCUT2D eigenvalue weighted by Gasteiger charge is -2.33. The van der Waals surface area contributed by atoms with Crippen LogP contribution in [-0.2, 0) is 13.0 Å². The summed E-state index contributed by atoms with van der Waals surface area (Å²) < 4.78 is 0. The molecule has 0 spiro atoms. The third kappa shape index (κ3) is 3.98. The van der Waals surface area contributed by atoms with Gasteiger partial charge in [-0.1, -0.05) is 60.7 Å². The molecule has 0 saturated carbocycles. The summed E-state index contributed by atoms with van der Waals surface area (Å²) >= 11 is 0. The standard InChI is InChI=1S/C25H26N4O/c30-24-16-21(20-9-5-2-6-10-20)15-23-22(24)17-26-25(27-23)29-13-11-28(12-14-29)18-19-7-3-1-4-8-19/h1-10,17,21H,11-16,18H2/p+1/t21-/m1/s1. The monoisotopic (exact) mass is 399 g/mol. The molecular formula is C25H27N4O+. The molecule has 30 heavy (non-hydrogen) atoms. The fourth-order valence-corrected chi connectivity index (χ4v) is 4.63. The van der Waals surface area contributed by atoms with E-state index in [9.17, 15) is 4.79 Å². The van der Waals surface area contributed by atoms with Crippen molar-refractivity contribution in [3.63, 3.8) is 0 Å². The molecule has 2 aromatic carbocycles. The molecule has 1 N–H and O–H groups in total. The number of ketones is 1. The molecule has 3 aromatic rings. The second-order valence-corrected chi connectivity index (χ2v) is 8.37. The van der Waals surface area contributed by atoms with Gasteiger partial charge in [0.25, 0.3) is 0 Å². The molecule has 1 fully saturated rings. The minimum absolute atomic E-state index is 0.161. The summed E-state index contributed by atoms with van der Waals surface area (Å²) in [5, 5.41) is 0. The van der Waals surface area contributed by atoms with E-state index >= 15 is 0 Å². The third-order valence-electron chi connectivity index (χ3n) is 6.35. The normalized spacial score (nSPS) is 19.5. The Morgan fingerprint density at radius 1 is 0.933 bits per heavy atom. The van der Waals surface area contributed by atoms with Crippen LogP contribution in [-0.4, -0.2) is 41.9 Å². The number of Topliss-reactive ketones (excluding diaryl/α,β-unsaturated/α-hetero) is 1. The summed E-state index contributed by atoms with van der Waals surface area (Å²) in [6, 6.07) is 21.0. The van der Waals surface area contributed by atoms with Gasteiger partial charge in [0.15, 0.2) is 5.78 Å². The zero-order valence-corrected chi connectivity index (χ0v) is 17.1. The summed E-state index contributed by atoms with van der Waals surface area (Å²) in [4.78, 5) is 26.0. The van der Waals surface area contributed by atoms with Crippen molar-refractivity contribution in [2.45, 2.75) is 25.3 Å². The number of carbonyl (C=O) groups is 1. The van der Waals surface area contributed by atoms with Crippen molar-refractivity contribution in [3.05, 3.63) is 89.2 Å². The topological polar surface area (TPSA) is 50.5 Å². The van der Waals surface area contributed by atoms with Gasteiger partial charge in [0.2, 0.25) is 5.95 Å². The molecule has 2 aliphatic rings. The number of aromatic nitrogens is 2. The van der Waals surface area contributed by atoms with Gasteiger partial charge in [-0.05, 0) is 17.9 Å². The summed E-state index contributed by atoms with van der Waals surface area (Å²) in [5.74, 6) is 1.14. The van der Waals surface area contributed by atoms with Gasteiger partial charge in [-0.25, -0.2) is 9.97 Å². The van der Waals surface area contributed by atoms with Crippen molar-refractivity contribution < 1.29 is 9.69 Å². The third-order valence-corrected chi connectivity index (χ3v) is 6.35. The summed E-state index contributed by atoms with van der Waals surface area (Å²) in [5.41, 5.74) is 4.22. The molecule has 5 rings (SSSR count). The maximum absolute atomic E-state index is 12.7. The maximum Gasteiger partial charge on any atom is 0.225 e. The molecule has 5 heteroatoms. The van der Waals surface area contributed by atoms with Crippen molar-refractivity contribution >= 4 is 11.7 Å². The highest BCUT2D eigenvalue weighted by atomic mass is 16.1. The molecule has 1 aliphatic carbocycles. The molecule has 5 nitrogen and oxygen atoms in total. The van der Waals surface area contributed by atoms with Gasteiger partial charge in [0, 0.05) is 18.2 Å². The molecule has 0 bridgehead atoms. The van der Waals surface area contributed by atoms with Gasteiger partial charge in [0.05, 0.1) is 37.4 Å². The molecule has 1 aliphatic heterocycles. The molecule has 1 saturated heterocycles. The van der Waals surface area contributed by atoms with Crippen LogP contribution in [0, 0.1) is 0 Å². The Bertz CT molecular complexity index is 1010. The quantitative estimate of drug-likeness (QED) is 0.731. The van der Waals surface area contributed by atoms with Crippen LogP contribution in [0.2, 0.25) is 0 Å². The van der Waals surface area contributed by atoms with E-state index in [1.807, 2.05) is 18.2 Å². The van der Waals surface area contributed by atoms with Crippen LogP contribution in [0.3, 0.4) is 0 Å². The number of carbonyl (C=O) groups excluding carboxylic acids is 1. The van der Waals surface area contributed by atoms with E-state index in [1.54, 1.807) is 11.1 Å². The van der Waals surface area contributed by atoms with Crippen LogP contribution in [0.25, 0.3) is 0 Å². The number of fused-ring (bicyclic) bond motifs is 1. The van der Waals surface area contributed by atoms with Crippen molar-refractivity contribution in [1.82, 2.24) is 9.97 Å². The van der Waals surface area contributed by atoms with E-state index < -0.39 is 0 Å². The minimum Gasteiger partial charge on any atom is -0.330 e. The van der Waals surface area contributed by atoms with Crippen LogP contribution in [0.1, 0.15) is 39.5 Å². The highest BCUT2D eigenvalue weighted by Gasteiger charge is 2.29. The zero-order valence-electron chi connectivity index (χ0n) is 17.1. The first kappa shape index (κ1) is 18.9. The second kappa shape index (κ2) is 8.36. The number of quaternary nitrogens is 1. The van der Waals surface area contributed by atoms with Crippen molar-refractivity contribution in [2.75, 3.05) is 31.1 Å². The average Bonchev–Trinajstić information content (AvgIpc) is 2.80. The van der Waals surface area contributed by atoms with Crippen molar-refractivity contribution in [1.29, 1.82) is 0 Å². The number of hydrogen-bond acceptors (Lipinski definition) is 4. The SMILES string of the molecule is O=C1C[C@H](c2ccccc2)Cc2nc(N3CC[NH+](Cc4ccccc4)CC3)ncc21. The molecule has 1 aromatic heterocycles. The average molecular weight is 400 g/mol. The van der Waals surface area contributed by atoms with Gasteiger partial charge in [-0.15, -0.1) is 0 Å². The number of hydrogen-bond donors (Lipinski definition) is 1. The lowest BCUT2D eigenvalue weighted by Crippen LogP contribution is -3.13. The lowest BCUT2D eigenvalue weighted by atomic mass is 9.82. The minimum atomic E-state index is 0.161. The van der Waals surface area contributed by atoms with E-state index in [0.717, 1.165) is 50.8 Å². The first-order valence-corrected chi connectivity index (χ1v) is 10.8. The van der Waals surface area contributed by atoms with Gasteiger partial charge < -0.3 is 9.80 Å². The Morgan fingerprint density at radius 3 is 2.37 bits per heavy atom. The second-order valence-electron chi connectivity index (χ2n) is 8.37. The summed E-state index contributed by atoms with van der Waals surface area (Å²) in [7, 11) is 0. The predicted molar refractivity (Wildman–Crippen MR) is 117 cm³/mol. The smallest absolute Gasteiger partial charge is 0.225 e. The predicted octanol–water partition coefficient (Wildman–Crippen LogP) is 2.29. The molecule has 1 atom stereocenters. The first-order valence-electron chi connectivity index (χ1n) is 10.8. The van der Waals surface area contributed by atoms with E-state index in [0.29, 0.717) is 12.0 Å². The van der Waals surface area contributed by atoms with Gasteiger partial charge in [0.1, 0.15) is 6.54 Å². The van der Waals surface area contributed by atoms with Crippen LogP contribution < -0.4 is 9.80 Å². The molecule has 0 radical (unpaired) electrons. The van der Waals surface area contributed by atoms with Crippen molar-refractivity contribution in [2.24, 2.45) is 0 Å². The van der Waals surface area contributed by atoms with E-state index in [-0.39, 0.29) is 11.7 Å². The van der Waals surface area contributed by atoms with Crippen LogP contribution in [0.5, 0.6) is 0 Å². The number of nitrogens with zero attached hydrogens (tertiary/aromatic N) is 3. The fourth-order valence-electron chi connectivity index (χ4n) is 4.63. The number of anilines is 1. The largest absolute Gasteiger partial charge is 0.330 e. The Hall–Kier alpha value is -3.05. The van der Waals surface area contributed by atoms with E-state index in [2.05, 4.69) is 52.3 Å². The Labute approximate surface area is 177 Å². The lowest BCUT2D eigenvalue weighted by molar-refractivity contribution is -0.914. The summed E-state index contributed by atoms with van der Waals surface area (Å²) in [6.07, 6.45) is 3.10. The van der Waals surface area contributed by atoms with Gasteiger partial charge >= 0.3 is 0 Å². The van der Waals surface area contributed by atoms with Gasteiger partial charge in [-0.3, -0.25) is 4.79 Å². The Kier molecular flexibility index (Phi) is 5.28. The number of nitrogens with one attached hydrogen (secondary N) is 1. The maximum atomic E-state index is 12.7. The van der Waals surface area contributed by atoms with Crippen molar-refractivity contribution in [3.8, 4) is 0 Å². The van der Waals surface area contributed by atoms with Crippen LogP contribution in [0.4, 0.5) is 5.95 Å². The van der Waals surface area contributed by atoms with E-state index in [4.69, 9.17) is 4.98 Å². The molecule has 0 amide bonds. The Balaban J connectivity index is 1.27. The number of rotatable bonds is 4. The van der Waals surface area contributed by atoms with E-state index in [1.165, 1.54) is 11.1 Å². The highest BCUT2D eigenvalue weighted by Crippen LogP contribution is 2.32. The number of benzene rings is 2. The molecule has 0 unspecified atom stereocenters. The fraction of sp³-hybridized carbons (Fsp3) is 0.320.